The van der Waals surface area contributed by atoms with E-state index in [0.717, 1.165) is 37.3 Å². The van der Waals surface area contributed by atoms with Gasteiger partial charge in [-0.15, -0.1) is 12.4 Å². The van der Waals surface area contributed by atoms with Gasteiger partial charge in [-0.25, -0.2) is 4.79 Å². The summed E-state index contributed by atoms with van der Waals surface area (Å²) >= 11 is 0. The van der Waals surface area contributed by atoms with Crippen molar-refractivity contribution < 1.29 is 14.7 Å². The topological polar surface area (TPSA) is 72.9 Å². The summed E-state index contributed by atoms with van der Waals surface area (Å²) in [5.74, 6) is -0.0789. The van der Waals surface area contributed by atoms with Crippen LogP contribution in [0, 0.1) is 5.92 Å². The van der Waals surface area contributed by atoms with Crippen molar-refractivity contribution in [3.05, 3.63) is 29.8 Å². The largest absolute Gasteiger partial charge is 0.481 e. The Kier molecular flexibility index (Phi) is 8.13. The van der Waals surface area contributed by atoms with Gasteiger partial charge in [0.2, 0.25) is 0 Å². The molecule has 2 aliphatic rings. The number of carboxylic acid groups (broad SMARTS) is 1. The highest BCUT2D eigenvalue weighted by atomic mass is 35.5. The molecule has 2 atom stereocenters. The molecular formula is C21H32ClN3O3. The summed E-state index contributed by atoms with van der Waals surface area (Å²) in [5.41, 5.74) is 1.87. The van der Waals surface area contributed by atoms with Crippen molar-refractivity contribution in [2.24, 2.45) is 5.92 Å². The maximum Gasteiger partial charge on any atom is 0.325 e. The summed E-state index contributed by atoms with van der Waals surface area (Å²) in [6.45, 7) is 7.23. The van der Waals surface area contributed by atoms with Crippen LogP contribution in [-0.4, -0.2) is 53.7 Å². The van der Waals surface area contributed by atoms with Gasteiger partial charge in [-0.1, -0.05) is 12.1 Å². The molecule has 3 rings (SSSR count). The van der Waals surface area contributed by atoms with Gasteiger partial charge in [0.1, 0.15) is 0 Å². The van der Waals surface area contributed by atoms with E-state index in [2.05, 4.69) is 19.2 Å². The molecular weight excluding hydrogens is 378 g/mol. The molecule has 1 aromatic carbocycles. The molecule has 0 saturated carbocycles. The van der Waals surface area contributed by atoms with Crippen LogP contribution < -0.4 is 10.2 Å². The Morgan fingerprint density at radius 2 is 1.79 bits per heavy atom. The zero-order valence-corrected chi connectivity index (χ0v) is 17.6. The predicted molar refractivity (Wildman–Crippen MR) is 113 cm³/mol. The Morgan fingerprint density at radius 3 is 2.39 bits per heavy atom. The van der Waals surface area contributed by atoms with Crippen LogP contribution in [0.5, 0.6) is 0 Å². The Morgan fingerprint density at radius 1 is 1.14 bits per heavy atom. The van der Waals surface area contributed by atoms with E-state index < -0.39 is 5.97 Å². The normalized spacial score (nSPS) is 23.0. The predicted octanol–water partition coefficient (Wildman–Crippen LogP) is 3.53. The summed E-state index contributed by atoms with van der Waals surface area (Å²) in [5, 5.41) is 12.2. The number of carboxylic acids is 1. The fraction of sp³-hybridized carbons (Fsp3) is 0.619. The average Bonchev–Trinajstić information content (AvgIpc) is 2.88. The van der Waals surface area contributed by atoms with Gasteiger partial charge in [0.05, 0.1) is 12.1 Å². The molecule has 1 aromatic rings. The number of benzene rings is 1. The second-order valence-electron chi connectivity index (χ2n) is 7.87. The Balaban J connectivity index is 0.00000280. The first-order valence-corrected chi connectivity index (χ1v) is 10.1. The highest BCUT2D eigenvalue weighted by Gasteiger charge is 2.41. The molecule has 6 nitrogen and oxygen atoms in total. The molecule has 0 radical (unpaired) electrons. The molecule has 2 saturated heterocycles. The first-order chi connectivity index (χ1) is 13.0. The molecule has 7 heteroatoms. The van der Waals surface area contributed by atoms with Crippen LogP contribution >= 0.6 is 12.4 Å². The van der Waals surface area contributed by atoms with Gasteiger partial charge in [0.15, 0.2) is 0 Å². The van der Waals surface area contributed by atoms with E-state index >= 15 is 0 Å². The number of carbonyl (C=O) groups excluding carboxylic acids is 1. The standard InChI is InChI=1S/C21H31N3O3.ClH/c1-15-16(2)24(19-6-3-17(4-7-19)5-8-20(25)26)21(27)23(15)14-11-18-9-12-22-13-10-18;/h3-4,6-7,15-16,18,22H,5,8-14H2,1-2H3,(H,25,26);1H/t15-,16+;/m1./s1. The number of nitrogens with zero attached hydrogens (tertiary/aromatic N) is 2. The summed E-state index contributed by atoms with van der Waals surface area (Å²) in [7, 11) is 0. The quantitative estimate of drug-likeness (QED) is 0.722. The molecule has 28 heavy (non-hydrogen) atoms. The minimum atomic E-state index is -0.791. The molecule has 2 aliphatic heterocycles. The SMILES string of the molecule is C[C@@H]1[C@H](C)N(c2ccc(CCC(=O)O)cc2)C(=O)N1CCC1CCNCC1.Cl. The summed E-state index contributed by atoms with van der Waals surface area (Å²) < 4.78 is 0. The van der Waals surface area contributed by atoms with Crippen molar-refractivity contribution in [2.75, 3.05) is 24.5 Å². The summed E-state index contributed by atoms with van der Waals surface area (Å²) in [6, 6.07) is 8.13. The number of amides is 2. The summed E-state index contributed by atoms with van der Waals surface area (Å²) in [6.07, 6.45) is 4.12. The molecule has 0 aromatic heterocycles. The van der Waals surface area contributed by atoms with Crippen LogP contribution in [0.2, 0.25) is 0 Å². The lowest BCUT2D eigenvalue weighted by molar-refractivity contribution is -0.136. The lowest BCUT2D eigenvalue weighted by atomic mass is 9.94. The van der Waals surface area contributed by atoms with E-state index in [9.17, 15) is 9.59 Å². The zero-order chi connectivity index (χ0) is 19.4. The van der Waals surface area contributed by atoms with E-state index in [1.54, 1.807) is 0 Å². The highest BCUT2D eigenvalue weighted by Crippen LogP contribution is 2.30. The zero-order valence-electron chi connectivity index (χ0n) is 16.8. The number of hydrogen-bond acceptors (Lipinski definition) is 3. The lowest BCUT2D eigenvalue weighted by Crippen LogP contribution is -2.36. The fourth-order valence-electron chi connectivity index (χ4n) is 4.17. The Hall–Kier alpha value is -1.79. The van der Waals surface area contributed by atoms with Gasteiger partial charge in [-0.3, -0.25) is 9.69 Å². The van der Waals surface area contributed by atoms with Gasteiger partial charge in [0, 0.05) is 18.7 Å². The maximum absolute atomic E-state index is 13.1. The van der Waals surface area contributed by atoms with Gasteiger partial charge in [0.25, 0.3) is 0 Å². The van der Waals surface area contributed by atoms with Crippen molar-refractivity contribution in [2.45, 2.75) is 58.0 Å². The van der Waals surface area contributed by atoms with Crippen molar-refractivity contribution in [1.82, 2.24) is 10.2 Å². The van der Waals surface area contributed by atoms with Crippen LogP contribution in [0.15, 0.2) is 24.3 Å². The number of rotatable bonds is 7. The number of hydrogen-bond donors (Lipinski definition) is 2. The lowest BCUT2D eigenvalue weighted by Gasteiger charge is -2.27. The minimum absolute atomic E-state index is 0. The third-order valence-electron chi connectivity index (χ3n) is 6.13. The first-order valence-electron chi connectivity index (χ1n) is 10.1. The van der Waals surface area contributed by atoms with Crippen LogP contribution in [0.25, 0.3) is 0 Å². The number of urea groups is 1. The fourth-order valence-corrected chi connectivity index (χ4v) is 4.17. The minimum Gasteiger partial charge on any atom is -0.481 e. The second kappa shape index (κ2) is 10.1. The van der Waals surface area contributed by atoms with Crippen molar-refractivity contribution >= 4 is 30.1 Å². The number of aliphatic carboxylic acids is 1. The van der Waals surface area contributed by atoms with Gasteiger partial charge in [-0.2, -0.15) is 0 Å². The number of anilines is 1. The average molecular weight is 410 g/mol. The van der Waals surface area contributed by atoms with Crippen molar-refractivity contribution in [3.63, 3.8) is 0 Å². The van der Waals surface area contributed by atoms with E-state index in [1.165, 1.54) is 12.8 Å². The molecule has 156 valence electrons. The van der Waals surface area contributed by atoms with Gasteiger partial charge >= 0.3 is 12.0 Å². The van der Waals surface area contributed by atoms with E-state index in [0.29, 0.717) is 12.3 Å². The molecule has 2 N–H and O–H groups in total. The smallest absolute Gasteiger partial charge is 0.325 e. The number of carbonyl (C=O) groups is 2. The Labute approximate surface area is 173 Å². The van der Waals surface area contributed by atoms with E-state index in [1.807, 2.05) is 34.1 Å². The number of nitrogens with one attached hydrogen (secondary N) is 1. The number of halogens is 1. The van der Waals surface area contributed by atoms with Crippen LogP contribution in [-0.2, 0) is 11.2 Å². The number of piperidine rings is 1. The molecule has 0 unspecified atom stereocenters. The number of aryl methyl sites for hydroxylation is 1. The molecule has 2 heterocycles. The molecule has 0 bridgehead atoms. The maximum atomic E-state index is 13.1. The molecule has 0 spiro atoms. The monoisotopic (exact) mass is 409 g/mol. The molecule has 2 fully saturated rings. The van der Waals surface area contributed by atoms with Gasteiger partial charge < -0.3 is 15.3 Å². The Bertz CT molecular complexity index is 661. The van der Waals surface area contributed by atoms with Crippen LogP contribution in [0.4, 0.5) is 10.5 Å². The van der Waals surface area contributed by atoms with Crippen molar-refractivity contribution in [1.29, 1.82) is 0 Å². The van der Waals surface area contributed by atoms with Crippen molar-refractivity contribution in [3.8, 4) is 0 Å². The van der Waals surface area contributed by atoms with E-state index in [4.69, 9.17) is 5.11 Å². The van der Waals surface area contributed by atoms with Crippen LogP contribution in [0.3, 0.4) is 0 Å². The van der Waals surface area contributed by atoms with E-state index in [-0.39, 0.29) is 36.9 Å². The van der Waals surface area contributed by atoms with Crippen LogP contribution in [0.1, 0.15) is 45.1 Å². The van der Waals surface area contributed by atoms with Gasteiger partial charge in [-0.05, 0) is 76.2 Å². The first kappa shape index (κ1) is 22.5. The highest BCUT2D eigenvalue weighted by molar-refractivity contribution is 5.95. The second-order valence-corrected chi connectivity index (χ2v) is 7.87. The third-order valence-corrected chi connectivity index (χ3v) is 6.13. The summed E-state index contributed by atoms with van der Waals surface area (Å²) in [4.78, 5) is 27.7. The molecule has 2 amide bonds. The molecule has 0 aliphatic carbocycles. The third kappa shape index (κ3) is 5.17.